The maximum absolute atomic E-state index is 4.44. The minimum Gasteiger partial charge on any atom is -0.359 e. The second-order valence-corrected chi connectivity index (χ2v) is 5.10. The van der Waals surface area contributed by atoms with Crippen molar-refractivity contribution >= 4 is 21.7 Å². The predicted octanol–water partition coefficient (Wildman–Crippen LogP) is 3.63. The molecule has 1 unspecified atom stereocenters. The monoisotopic (exact) mass is 270 g/mol. The first-order valence-electron chi connectivity index (χ1n) is 5.37. The van der Waals surface area contributed by atoms with Crippen LogP contribution in [-0.4, -0.2) is 18.6 Å². The van der Waals surface area contributed by atoms with Gasteiger partial charge in [-0.05, 0) is 40.4 Å². The van der Waals surface area contributed by atoms with Gasteiger partial charge in [0, 0.05) is 24.3 Å². The molecule has 0 saturated heterocycles. The number of anilines is 1. The zero-order valence-electron chi connectivity index (χ0n) is 9.92. The number of rotatable bonds is 4. The van der Waals surface area contributed by atoms with Gasteiger partial charge >= 0.3 is 0 Å². The highest BCUT2D eigenvalue weighted by Gasteiger charge is 2.09. The van der Waals surface area contributed by atoms with E-state index < -0.39 is 0 Å². The van der Waals surface area contributed by atoms with Gasteiger partial charge < -0.3 is 4.90 Å². The molecule has 1 heterocycles. The molecule has 0 aliphatic heterocycles. The quantitative estimate of drug-likeness (QED) is 0.831. The molecule has 0 saturated carbocycles. The van der Waals surface area contributed by atoms with E-state index in [1.165, 1.54) is 12.0 Å². The number of pyridine rings is 1. The van der Waals surface area contributed by atoms with Crippen LogP contribution in [0.1, 0.15) is 25.8 Å². The highest BCUT2D eigenvalue weighted by atomic mass is 79.9. The van der Waals surface area contributed by atoms with Gasteiger partial charge in [-0.3, -0.25) is 0 Å². The summed E-state index contributed by atoms with van der Waals surface area (Å²) in [5.74, 6) is 1.79. The van der Waals surface area contributed by atoms with E-state index in [1.54, 1.807) is 0 Å². The Bertz CT molecular complexity index is 325. The van der Waals surface area contributed by atoms with Crippen LogP contribution in [0.4, 0.5) is 5.82 Å². The summed E-state index contributed by atoms with van der Waals surface area (Å²) in [5, 5.41) is 0. The minimum absolute atomic E-state index is 0.708. The number of aromatic nitrogens is 1. The lowest BCUT2D eigenvalue weighted by molar-refractivity contribution is 0.557. The molecule has 0 aliphatic rings. The topological polar surface area (TPSA) is 16.1 Å². The van der Waals surface area contributed by atoms with Crippen molar-refractivity contribution < 1.29 is 0 Å². The van der Waals surface area contributed by atoms with Gasteiger partial charge in [-0.2, -0.15) is 0 Å². The van der Waals surface area contributed by atoms with Crippen LogP contribution in [0.2, 0.25) is 0 Å². The first-order chi connectivity index (χ1) is 7.04. The van der Waals surface area contributed by atoms with Crippen molar-refractivity contribution in [2.24, 2.45) is 5.92 Å². The van der Waals surface area contributed by atoms with E-state index in [0.29, 0.717) is 5.92 Å². The van der Waals surface area contributed by atoms with Crippen molar-refractivity contribution in [3.63, 3.8) is 0 Å². The zero-order valence-corrected chi connectivity index (χ0v) is 11.5. The van der Waals surface area contributed by atoms with Crippen LogP contribution < -0.4 is 4.90 Å². The third-order valence-electron chi connectivity index (χ3n) is 2.66. The predicted molar refractivity (Wildman–Crippen MR) is 69.4 cm³/mol. The Morgan fingerprint density at radius 2 is 2.20 bits per heavy atom. The zero-order chi connectivity index (χ0) is 11.4. The molecule has 2 nitrogen and oxygen atoms in total. The molecule has 1 aromatic rings. The van der Waals surface area contributed by atoms with Crippen LogP contribution in [0.15, 0.2) is 16.7 Å². The molecule has 0 spiro atoms. The van der Waals surface area contributed by atoms with Gasteiger partial charge in [0.1, 0.15) is 5.82 Å². The number of nitrogens with zero attached hydrogens (tertiary/aromatic N) is 2. The van der Waals surface area contributed by atoms with Gasteiger partial charge in [0.15, 0.2) is 0 Å². The Balaban J connectivity index is 2.77. The van der Waals surface area contributed by atoms with E-state index in [-0.39, 0.29) is 0 Å². The molecule has 0 amide bonds. The molecule has 1 aromatic heterocycles. The lowest BCUT2D eigenvalue weighted by Gasteiger charge is -2.23. The maximum atomic E-state index is 4.44. The van der Waals surface area contributed by atoms with Crippen molar-refractivity contribution in [2.75, 3.05) is 18.5 Å². The summed E-state index contributed by atoms with van der Waals surface area (Å²) >= 11 is 3.43. The summed E-state index contributed by atoms with van der Waals surface area (Å²) in [4.78, 5) is 6.68. The summed E-state index contributed by atoms with van der Waals surface area (Å²) in [6.45, 7) is 7.65. The van der Waals surface area contributed by atoms with E-state index in [4.69, 9.17) is 0 Å². The van der Waals surface area contributed by atoms with Crippen molar-refractivity contribution in [1.29, 1.82) is 0 Å². The molecule has 1 atom stereocenters. The fraction of sp³-hybridized carbons (Fsp3) is 0.583. The van der Waals surface area contributed by atoms with Crippen LogP contribution in [-0.2, 0) is 0 Å². The van der Waals surface area contributed by atoms with Gasteiger partial charge in [-0.25, -0.2) is 4.98 Å². The van der Waals surface area contributed by atoms with E-state index >= 15 is 0 Å². The second kappa shape index (κ2) is 5.50. The van der Waals surface area contributed by atoms with Crippen LogP contribution in [0.3, 0.4) is 0 Å². The lowest BCUT2D eigenvalue weighted by Crippen LogP contribution is -2.25. The number of aryl methyl sites for hydroxylation is 1. The number of hydrogen-bond donors (Lipinski definition) is 0. The SMILES string of the molecule is CCC(C)CN(C)c1ncc(Br)cc1C. The first-order valence-corrected chi connectivity index (χ1v) is 6.17. The highest BCUT2D eigenvalue weighted by Crippen LogP contribution is 2.20. The van der Waals surface area contributed by atoms with Gasteiger partial charge in [-0.1, -0.05) is 20.3 Å². The number of hydrogen-bond acceptors (Lipinski definition) is 2. The summed E-state index contributed by atoms with van der Waals surface area (Å²) in [6, 6.07) is 2.11. The Kier molecular flexibility index (Phi) is 4.58. The van der Waals surface area contributed by atoms with Crippen molar-refractivity contribution in [3.8, 4) is 0 Å². The van der Waals surface area contributed by atoms with Crippen LogP contribution in [0.25, 0.3) is 0 Å². The summed E-state index contributed by atoms with van der Waals surface area (Å²) < 4.78 is 1.04. The molecule has 0 radical (unpaired) electrons. The average Bonchev–Trinajstić information content (AvgIpc) is 2.17. The Hall–Kier alpha value is -0.570. The number of halogens is 1. The molecule has 0 fully saturated rings. The molecule has 3 heteroatoms. The molecular weight excluding hydrogens is 252 g/mol. The summed E-state index contributed by atoms with van der Waals surface area (Å²) in [6.07, 6.45) is 3.06. The van der Waals surface area contributed by atoms with Gasteiger partial charge in [0.2, 0.25) is 0 Å². The van der Waals surface area contributed by atoms with Gasteiger partial charge in [-0.15, -0.1) is 0 Å². The van der Waals surface area contributed by atoms with E-state index in [0.717, 1.165) is 16.8 Å². The average molecular weight is 271 g/mol. The highest BCUT2D eigenvalue weighted by molar-refractivity contribution is 9.10. The van der Waals surface area contributed by atoms with E-state index in [9.17, 15) is 0 Å². The summed E-state index contributed by atoms with van der Waals surface area (Å²) in [7, 11) is 2.11. The molecular formula is C12H19BrN2. The summed E-state index contributed by atoms with van der Waals surface area (Å²) in [5.41, 5.74) is 1.22. The molecule has 1 rings (SSSR count). The molecule has 15 heavy (non-hydrogen) atoms. The first kappa shape index (κ1) is 12.5. The standard InChI is InChI=1S/C12H19BrN2/c1-5-9(2)8-15(4)12-10(3)6-11(13)7-14-12/h6-7,9H,5,8H2,1-4H3. The van der Waals surface area contributed by atoms with E-state index in [1.807, 2.05) is 6.20 Å². The van der Waals surface area contributed by atoms with Gasteiger partial charge in [0.25, 0.3) is 0 Å². The Morgan fingerprint density at radius 1 is 1.53 bits per heavy atom. The van der Waals surface area contributed by atoms with E-state index in [2.05, 4.69) is 59.7 Å². The third-order valence-corrected chi connectivity index (χ3v) is 3.09. The third kappa shape index (κ3) is 3.49. The molecule has 84 valence electrons. The molecule has 0 bridgehead atoms. The molecule has 0 aliphatic carbocycles. The second-order valence-electron chi connectivity index (χ2n) is 4.19. The van der Waals surface area contributed by atoms with Crippen LogP contribution in [0.5, 0.6) is 0 Å². The fourth-order valence-corrected chi connectivity index (χ4v) is 2.06. The van der Waals surface area contributed by atoms with Crippen LogP contribution in [0, 0.1) is 12.8 Å². The van der Waals surface area contributed by atoms with Crippen molar-refractivity contribution in [1.82, 2.24) is 4.98 Å². The van der Waals surface area contributed by atoms with Gasteiger partial charge in [0.05, 0.1) is 0 Å². The smallest absolute Gasteiger partial charge is 0.131 e. The molecule has 0 aromatic carbocycles. The van der Waals surface area contributed by atoms with Crippen molar-refractivity contribution in [3.05, 3.63) is 22.3 Å². The Morgan fingerprint density at radius 3 is 2.73 bits per heavy atom. The normalized spacial score (nSPS) is 12.6. The largest absolute Gasteiger partial charge is 0.359 e. The minimum atomic E-state index is 0.708. The Labute approximate surface area is 101 Å². The molecule has 0 N–H and O–H groups in total. The fourth-order valence-electron chi connectivity index (χ4n) is 1.62. The van der Waals surface area contributed by atoms with Crippen LogP contribution >= 0.6 is 15.9 Å². The maximum Gasteiger partial charge on any atom is 0.131 e. The van der Waals surface area contributed by atoms with Crippen molar-refractivity contribution in [2.45, 2.75) is 27.2 Å². The lowest BCUT2D eigenvalue weighted by atomic mass is 10.1.